The maximum atomic E-state index is 11.5. The van der Waals surface area contributed by atoms with E-state index in [0.717, 1.165) is 25.7 Å². The quantitative estimate of drug-likeness (QED) is 0.607. The first kappa shape index (κ1) is 17.1. The van der Waals surface area contributed by atoms with Crippen LogP contribution in [-0.2, 0) is 13.6 Å². The number of rotatable bonds is 10. The van der Waals surface area contributed by atoms with Crippen LogP contribution >= 0.6 is 7.82 Å². The van der Waals surface area contributed by atoms with Gasteiger partial charge in [0.05, 0.1) is 13.2 Å². The summed E-state index contributed by atoms with van der Waals surface area (Å²) in [5.41, 5.74) is 0. The SMILES string of the molecule is CCCCC(CC)COP(=O)(O)OCC(C)C. The first-order valence-electron chi connectivity index (χ1n) is 6.53. The Morgan fingerprint density at radius 3 is 2.24 bits per heavy atom. The molecule has 0 radical (unpaired) electrons. The Morgan fingerprint density at radius 2 is 1.76 bits per heavy atom. The van der Waals surface area contributed by atoms with Crippen LogP contribution in [0, 0.1) is 11.8 Å². The zero-order valence-electron chi connectivity index (χ0n) is 11.5. The van der Waals surface area contributed by atoms with Gasteiger partial charge < -0.3 is 4.89 Å². The number of unbranched alkanes of at least 4 members (excludes halogenated alkanes) is 1. The van der Waals surface area contributed by atoms with Gasteiger partial charge in [-0.1, -0.05) is 47.0 Å². The summed E-state index contributed by atoms with van der Waals surface area (Å²) in [6, 6.07) is 0. The molecule has 0 rings (SSSR count). The standard InChI is InChI=1S/C12H27O4P/c1-5-7-8-12(6-2)10-16-17(13,14)15-9-11(3)4/h11-12H,5-10H2,1-4H3,(H,13,14). The van der Waals surface area contributed by atoms with E-state index >= 15 is 0 Å². The minimum atomic E-state index is -3.85. The first-order valence-corrected chi connectivity index (χ1v) is 8.02. The maximum Gasteiger partial charge on any atom is 0.472 e. The highest BCUT2D eigenvalue weighted by Gasteiger charge is 2.23. The van der Waals surface area contributed by atoms with Crippen molar-refractivity contribution in [3.05, 3.63) is 0 Å². The smallest absolute Gasteiger partial charge is 0.302 e. The van der Waals surface area contributed by atoms with Crippen molar-refractivity contribution in [2.45, 2.75) is 53.4 Å². The van der Waals surface area contributed by atoms with Crippen LogP contribution < -0.4 is 0 Å². The van der Waals surface area contributed by atoms with Gasteiger partial charge in [0, 0.05) is 0 Å². The fourth-order valence-electron chi connectivity index (χ4n) is 1.38. The van der Waals surface area contributed by atoms with E-state index in [4.69, 9.17) is 9.05 Å². The number of phosphoric ester groups is 1. The predicted molar refractivity (Wildman–Crippen MR) is 69.9 cm³/mol. The lowest BCUT2D eigenvalue weighted by atomic mass is 10.0. The number of phosphoric acid groups is 1. The number of hydrogen-bond donors (Lipinski definition) is 1. The molecule has 0 amide bonds. The molecule has 0 bridgehead atoms. The molecule has 0 aromatic carbocycles. The predicted octanol–water partition coefficient (Wildman–Crippen LogP) is 3.99. The highest BCUT2D eigenvalue weighted by atomic mass is 31.2. The van der Waals surface area contributed by atoms with E-state index in [2.05, 4.69) is 13.8 Å². The summed E-state index contributed by atoms with van der Waals surface area (Å²) < 4.78 is 21.4. The fourth-order valence-corrected chi connectivity index (χ4v) is 2.34. The van der Waals surface area contributed by atoms with Crippen LogP contribution in [0.5, 0.6) is 0 Å². The highest BCUT2D eigenvalue weighted by Crippen LogP contribution is 2.44. The average Bonchev–Trinajstić information content (AvgIpc) is 2.27. The molecule has 0 fully saturated rings. The zero-order valence-corrected chi connectivity index (χ0v) is 12.4. The third kappa shape index (κ3) is 9.78. The zero-order chi connectivity index (χ0) is 13.3. The summed E-state index contributed by atoms with van der Waals surface area (Å²) in [6.45, 7) is 8.62. The molecule has 2 unspecified atom stereocenters. The second-order valence-corrected chi connectivity index (χ2v) is 6.32. The second-order valence-electron chi connectivity index (χ2n) is 4.87. The molecule has 0 saturated heterocycles. The minimum Gasteiger partial charge on any atom is -0.302 e. The molecule has 104 valence electrons. The van der Waals surface area contributed by atoms with Gasteiger partial charge in [0.1, 0.15) is 0 Å². The molecule has 2 atom stereocenters. The molecule has 5 heteroatoms. The van der Waals surface area contributed by atoms with Crippen molar-refractivity contribution in [2.75, 3.05) is 13.2 Å². The topological polar surface area (TPSA) is 55.8 Å². The summed E-state index contributed by atoms with van der Waals surface area (Å²) in [5.74, 6) is 0.569. The Labute approximate surface area is 105 Å². The van der Waals surface area contributed by atoms with Crippen molar-refractivity contribution in [3.8, 4) is 0 Å². The first-order chi connectivity index (χ1) is 7.91. The Morgan fingerprint density at radius 1 is 1.18 bits per heavy atom. The second kappa shape index (κ2) is 9.09. The molecule has 0 aromatic rings. The minimum absolute atomic E-state index is 0.223. The van der Waals surface area contributed by atoms with Crippen LogP contribution in [0.2, 0.25) is 0 Å². The van der Waals surface area contributed by atoms with Crippen LogP contribution in [0.3, 0.4) is 0 Å². The molecule has 4 nitrogen and oxygen atoms in total. The Bertz CT molecular complexity index is 231. The van der Waals surface area contributed by atoms with E-state index in [1.54, 1.807) is 0 Å². The van der Waals surface area contributed by atoms with Crippen LogP contribution in [-0.4, -0.2) is 18.1 Å². The van der Waals surface area contributed by atoms with Crippen molar-refractivity contribution in [3.63, 3.8) is 0 Å². The third-order valence-electron chi connectivity index (χ3n) is 2.59. The molecule has 0 aliphatic heterocycles. The highest BCUT2D eigenvalue weighted by molar-refractivity contribution is 7.47. The van der Waals surface area contributed by atoms with E-state index in [0.29, 0.717) is 12.5 Å². The molecule has 17 heavy (non-hydrogen) atoms. The monoisotopic (exact) mass is 266 g/mol. The van der Waals surface area contributed by atoms with E-state index < -0.39 is 7.82 Å². The Balaban J connectivity index is 3.92. The lowest BCUT2D eigenvalue weighted by molar-refractivity contribution is 0.118. The van der Waals surface area contributed by atoms with Crippen LogP contribution in [0.15, 0.2) is 0 Å². The molecular formula is C12H27O4P. The Kier molecular flexibility index (Phi) is 9.15. The van der Waals surface area contributed by atoms with E-state index in [-0.39, 0.29) is 12.5 Å². The van der Waals surface area contributed by atoms with E-state index in [1.165, 1.54) is 0 Å². The molecule has 0 aliphatic rings. The average molecular weight is 266 g/mol. The number of hydrogen-bond acceptors (Lipinski definition) is 3. The van der Waals surface area contributed by atoms with Crippen LogP contribution in [0.1, 0.15) is 53.4 Å². The van der Waals surface area contributed by atoms with Crippen LogP contribution in [0.4, 0.5) is 0 Å². The van der Waals surface area contributed by atoms with Crippen molar-refractivity contribution < 1.29 is 18.5 Å². The van der Waals surface area contributed by atoms with Crippen LogP contribution in [0.25, 0.3) is 0 Å². The Hall–Kier alpha value is 0.110. The molecule has 1 N–H and O–H groups in total. The van der Waals surface area contributed by atoms with Gasteiger partial charge in [-0.15, -0.1) is 0 Å². The van der Waals surface area contributed by atoms with Crippen molar-refractivity contribution in [2.24, 2.45) is 11.8 Å². The van der Waals surface area contributed by atoms with Crippen molar-refractivity contribution in [1.29, 1.82) is 0 Å². The van der Waals surface area contributed by atoms with Gasteiger partial charge in [-0.2, -0.15) is 0 Å². The van der Waals surface area contributed by atoms with Gasteiger partial charge in [-0.25, -0.2) is 4.57 Å². The van der Waals surface area contributed by atoms with Gasteiger partial charge >= 0.3 is 7.82 Å². The van der Waals surface area contributed by atoms with Gasteiger partial charge in [0.15, 0.2) is 0 Å². The molecule has 0 heterocycles. The largest absolute Gasteiger partial charge is 0.472 e. The summed E-state index contributed by atoms with van der Waals surface area (Å²) in [4.78, 5) is 9.44. The maximum absolute atomic E-state index is 11.5. The summed E-state index contributed by atoms with van der Waals surface area (Å²) >= 11 is 0. The molecule has 0 aromatic heterocycles. The van der Waals surface area contributed by atoms with Gasteiger partial charge in [0.25, 0.3) is 0 Å². The normalized spacial score (nSPS) is 17.1. The summed E-state index contributed by atoms with van der Waals surface area (Å²) in [6.07, 6.45) is 4.27. The van der Waals surface area contributed by atoms with Crippen molar-refractivity contribution >= 4 is 7.82 Å². The van der Waals surface area contributed by atoms with Gasteiger partial charge in [-0.3, -0.25) is 9.05 Å². The lowest BCUT2D eigenvalue weighted by Gasteiger charge is -2.18. The lowest BCUT2D eigenvalue weighted by Crippen LogP contribution is -2.10. The van der Waals surface area contributed by atoms with E-state index in [1.807, 2.05) is 13.8 Å². The van der Waals surface area contributed by atoms with Crippen molar-refractivity contribution in [1.82, 2.24) is 0 Å². The fraction of sp³-hybridized carbons (Fsp3) is 1.00. The third-order valence-corrected chi connectivity index (χ3v) is 3.54. The molecule has 0 spiro atoms. The molecule has 0 saturated carbocycles. The van der Waals surface area contributed by atoms with Gasteiger partial charge in [-0.05, 0) is 18.3 Å². The molecule has 0 aliphatic carbocycles. The summed E-state index contributed by atoms with van der Waals surface area (Å²) in [7, 11) is -3.85. The van der Waals surface area contributed by atoms with E-state index in [9.17, 15) is 9.46 Å². The van der Waals surface area contributed by atoms with Gasteiger partial charge in [0.2, 0.25) is 0 Å². The summed E-state index contributed by atoms with van der Waals surface area (Å²) in [5, 5.41) is 0. The molecular weight excluding hydrogens is 239 g/mol.